The number of hydrogen-bond donors (Lipinski definition) is 1. The number of likely N-dealkylation sites (N-methyl/N-ethyl adjacent to an activating group) is 1. The van der Waals surface area contributed by atoms with Crippen LogP contribution in [0.25, 0.3) is 0 Å². The third-order valence-corrected chi connectivity index (χ3v) is 2.41. The Morgan fingerprint density at radius 3 is 2.53 bits per heavy atom. The zero-order valence-corrected chi connectivity index (χ0v) is 11.4. The molecule has 0 unspecified atom stereocenters. The molecular formula is C12H19ClN2O2. The highest BCUT2D eigenvalue weighted by Crippen LogP contribution is 2.28. The Morgan fingerprint density at radius 1 is 1.41 bits per heavy atom. The SMILES string of the molecule is CNc1cccc(CC(=O)N(C)C)c1OC.Cl. The van der Waals surface area contributed by atoms with Gasteiger partial charge in [-0.05, 0) is 6.07 Å². The molecule has 4 nitrogen and oxygen atoms in total. The minimum Gasteiger partial charge on any atom is -0.494 e. The summed E-state index contributed by atoms with van der Waals surface area (Å²) in [6.07, 6.45) is 0.353. The minimum absolute atomic E-state index is 0. The van der Waals surface area contributed by atoms with Gasteiger partial charge in [0.25, 0.3) is 0 Å². The Morgan fingerprint density at radius 2 is 2.06 bits per heavy atom. The molecule has 1 aromatic carbocycles. The lowest BCUT2D eigenvalue weighted by Crippen LogP contribution is -2.23. The summed E-state index contributed by atoms with van der Waals surface area (Å²) in [5, 5.41) is 3.04. The van der Waals surface area contributed by atoms with Crippen molar-refractivity contribution < 1.29 is 9.53 Å². The van der Waals surface area contributed by atoms with Gasteiger partial charge in [0.15, 0.2) is 0 Å². The van der Waals surface area contributed by atoms with Gasteiger partial charge in [0, 0.05) is 26.7 Å². The number of nitrogens with one attached hydrogen (secondary N) is 1. The first-order valence-electron chi connectivity index (χ1n) is 5.14. The molecule has 1 N–H and O–H groups in total. The Hall–Kier alpha value is -1.42. The van der Waals surface area contributed by atoms with E-state index in [-0.39, 0.29) is 18.3 Å². The van der Waals surface area contributed by atoms with Crippen molar-refractivity contribution in [3.05, 3.63) is 23.8 Å². The van der Waals surface area contributed by atoms with Crippen molar-refractivity contribution in [1.82, 2.24) is 4.90 Å². The van der Waals surface area contributed by atoms with E-state index < -0.39 is 0 Å². The second kappa shape index (κ2) is 7.01. The number of carbonyl (C=O) groups excluding carboxylic acids is 1. The molecule has 1 aromatic rings. The number of amides is 1. The first-order valence-corrected chi connectivity index (χ1v) is 5.14. The lowest BCUT2D eigenvalue weighted by atomic mass is 10.1. The predicted molar refractivity (Wildman–Crippen MR) is 72.2 cm³/mol. The Balaban J connectivity index is 0.00000256. The summed E-state index contributed by atoms with van der Waals surface area (Å²) in [5.41, 5.74) is 1.79. The summed E-state index contributed by atoms with van der Waals surface area (Å²) in [6.45, 7) is 0. The first kappa shape index (κ1) is 15.6. The monoisotopic (exact) mass is 258 g/mol. The van der Waals surface area contributed by atoms with Crippen LogP contribution in [-0.4, -0.2) is 39.1 Å². The van der Waals surface area contributed by atoms with E-state index in [4.69, 9.17) is 4.74 Å². The zero-order valence-electron chi connectivity index (χ0n) is 10.6. The highest BCUT2D eigenvalue weighted by Gasteiger charge is 2.12. The summed E-state index contributed by atoms with van der Waals surface area (Å²) < 4.78 is 5.31. The van der Waals surface area contributed by atoms with Crippen molar-refractivity contribution in [2.45, 2.75) is 6.42 Å². The number of methoxy groups -OCH3 is 1. The molecule has 0 heterocycles. The van der Waals surface area contributed by atoms with Crippen molar-refractivity contribution >= 4 is 24.0 Å². The number of hydrogen-bond acceptors (Lipinski definition) is 3. The highest BCUT2D eigenvalue weighted by atomic mass is 35.5. The molecule has 1 rings (SSSR count). The lowest BCUT2D eigenvalue weighted by Gasteiger charge is -2.15. The maximum Gasteiger partial charge on any atom is 0.226 e. The Labute approximate surface area is 108 Å². The minimum atomic E-state index is 0. The fraction of sp³-hybridized carbons (Fsp3) is 0.417. The van der Waals surface area contributed by atoms with Crippen LogP contribution in [-0.2, 0) is 11.2 Å². The molecule has 0 atom stereocenters. The van der Waals surface area contributed by atoms with E-state index in [0.717, 1.165) is 17.0 Å². The number of benzene rings is 1. The average molecular weight is 259 g/mol. The molecule has 17 heavy (non-hydrogen) atoms. The maximum atomic E-state index is 11.6. The maximum absolute atomic E-state index is 11.6. The second-order valence-corrected chi connectivity index (χ2v) is 3.71. The van der Waals surface area contributed by atoms with E-state index >= 15 is 0 Å². The predicted octanol–water partition coefficient (Wildman–Crippen LogP) is 1.79. The van der Waals surface area contributed by atoms with E-state index in [2.05, 4.69) is 5.32 Å². The van der Waals surface area contributed by atoms with Crippen LogP contribution in [0.5, 0.6) is 5.75 Å². The Kier molecular flexibility index (Phi) is 6.43. The molecule has 0 saturated carbocycles. The molecule has 0 aliphatic rings. The molecule has 0 bridgehead atoms. The van der Waals surface area contributed by atoms with Crippen LogP contribution in [0.1, 0.15) is 5.56 Å². The van der Waals surface area contributed by atoms with Crippen LogP contribution in [0.15, 0.2) is 18.2 Å². The van der Waals surface area contributed by atoms with Gasteiger partial charge in [-0.2, -0.15) is 0 Å². The van der Waals surface area contributed by atoms with Crippen molar-refractivity contribution in [1.29, 1.82) is 0 Å². The van der Waals surface area contributed by atoms with E-state index in [0.29, 0.717) is 6.42 Å². The molecule has 0 radical (unpaired) electrons. The van der Waals surface area contributed by atoms with Gasteiger partial charge in [-0.1, -0.05) is 12.1 Å². The molecular weight excluding hydrogens is 240 g/mol. The number of carbonyl (C=O) groups is 1. The van der Waals surface area contributed by atoms with Crippen molar-refractivity contribution in [3.63, 3.8) is 0 Å². The summed E-state index contributed by atoms with van der Waals surface area (Å²) >= 11 is 0. The number of anilines is 1. The van der Waals surface area contributed by atoms with Gasteiger partial charge in [-0.15, -0.1) is 12.4 Å². The average Bonchev–Trinajstić information content (AvgIpc) is 2.28. The van der Waals surface area contributed by atoms with E-state index in [1.165, 1.54) is 0 Å². The van der Waals surface area contributed by atoms with E-state index in [1.54, 1.807) is 26.1 Å². The van der Waals surface area contributed by atoms with Crippen molar-refractivity contribution in [3.8, 4) is 5.75 Å². The van der Waals surface area contributed by atoms with Crippen LogP contribution in [0.3, 0.4) is 0 Å². The highest BCUT2D eigenvalue weighted by molar-refractivity contribution is 5.85. The van der Waals surface area contributed by atoms with Crippen molar-refractivity contribution in [2.75, 3.05) is 33.6 Å². The van der Waals surface area contributed by atoms with Gasteiger partial charge in [0.2, 0.25) is 5.91 Å². The third kappa shape index (κ3) is 3.82. The molecule has 1 amide bonds. The number of ether oxygens (including phenoxy) is 1. The number of para-hydroxylation sites is 1. The van der Waals surface area contributed by atoms with E-state index in [1.807, 2.05) is 25.2 Å². The van der Waals surface area contributed by atoms with Gasteiger partial charge < -0.3 is 15.0 Å². The van der Waals surface area contributed by atoms with Crippen LogP contribution in [0.4, 0.5) is 5.69 Å². The molecule has 96 valence electrons. The second-order valence-electron chi connectivity index (χ2n) is 3.71. The van der Waals surface area contributed by atoms with Gasteiger partial charge >= 0.3 is 0 Å². The van der Waals surface area contributed by atoms with Crippen LogP contribution < -0.4 is 10.1 Å². The summed E-state index contributed by atoms with van der Waals surface area (Å²) in [7, 11) is 6.93. The van der Waals surface area contributed by atoms with E-state index in [9.17, 15) is 4.79 Å². The first-order chi connectivity index (χ1) is 7.60. The van der Waals surface area contributed by atoms with Crippen LogP contribution in [0.2, 0.25) is 0 Å². The van der Waals surface area contributed by atoms with Gasteiger partial charge in [-0.3, -0.25) is 4.79 Å². The smallest absolute Gasteiger partial charge is 0.226 e. The Bertz CT molecular complexity index is 381. The molecule has 5 heteroatoms. The van der Waals surface area contributed by atoms with Crippen LogP contribution >= 0.6 is 12.4 Å². The molecule has 0 fully saturated rings. The molecule has 0 aromatic heterocycles. The molecule has 0 saturated heterocycles. The fourth-order valence-corrected chi connectivity index (χ4v) is 1.48. The largest absolute Gasteiger partial charge is 0.494 e. The quantitative estimate of drug-likeness (QED) is 0.895. The molecule has 0 aliphatic heterocycles. The van der Waals surface area contributed by atoms with Gasteiger partial charge in [0.1, 0.15) is 5.75 Å². The summed E-state index contributed by atoms with van der Waals surface area (Å²) in [6, 6.07) is 5.73. The third-order valence-electron chi connectivity index (χ3n) is 2.41. The molecule has 0 spiro atoms. The topological polar surface area (TPSA) is 41.6 Å². The zero-order chi connectivity index (χ0) is 12.1. The van der Waals surface area contributed by atoms with Crippen molar-refractivity contribution in [2.24, 2.45) is 0 Å². The summed E-state index contributed by atoms with van der Waals surface area (Å²) in [5.74, 6) is 0.798. The molecule has 0 aliphatic carbocycles. The fourth-order valence-electron chi connectivity index (χ4n) is 1.48. The summed E-state index contributed by atoms with van der Waals surface area (Å²) in [4.78, 5) is 13.2. The standard InChI is InChI=1S/C12H18N2O2.ClH/c1-13-10-7-5-6-9(12(10)16-4)8-11(15)14(2)3;/h5-7,13H,8H2,1-4H3;1H. The number of nitrogens with zero attached hydrogens (tertiary/aromatic N) is 1. The van der Waals surface area contributed by atoms with Gasteiger partial charge in [0.05, 0.1) is 19.2 Å². The normalized spacial score (nSPS) is 9.18. The number of rotatable bonds is 4. The van der Waals surface area contributed by atoms with Gasteiger partial charge in [-0.25, -0.2) is 0 Å². The number of halogens is 1. The van der Waals surface area contributed by atoms with Crippen LogP contribution in [0, 0.1) is 0 Å². The lowest BCUT2D eigenvalue weighted by molar-refractivity contribution is -0.127.